The molecule has 6 heavy (non-hydrogen) atoms. The summed E-state index contributed by atoms with van der Waals surface area (Å²) < 4.78 is 26.9. The fourth-order valence-electron chi connectivity index (χ4n) is 0. The first kappa shape index (κ1) is 6.95. The van der Waals surface area contributed by atoms with Crippen LogP contribution in [0.1, 0.15) is 0 Å². The van der Waals surface area contributed by atoms with Crippen molar-refractivity contribution in [3.8, 4) is 0 Å². The van der Waals surface area contributed by atoms with E-state index >= 15 is 0 Å². The topological polar surface area (TPSA) is 54.4 Å². The molecular formula is H2MoO3S2. The molecule has 3 nitrogen and oxygen atoms in total. The Morgan fingerprint density at radius 2 is 1.83 bits per heavy atom. The second kappa shape index (κ2) is 2.31. The second-order valence-electron chi connectivity index (χ2n) is 0.502. The third-order valence-electron chi connectivity index (χ3n) is 0.0942. The zero-order chi connectivity index (χ0) is 5.21. The summed E-state index contributed by atoms with van der Waals surface area (Å²) in [6.07, 6.45) is 0. The Hall–Kier alpha value is 0.948. The third-order valence-corrected chi connectivity index (χ3v) is 5.02. The van der Waals surface area contributed by atoms with Crippen LogP contribution in [0.15, 0.2) is 0 Å². The van der Waals surface area contributed by atoms with Gasteiger partial charge in [0.05, 0.1) is 0 Å². The molecule has 0 atom stereocenters. The van der Waals surface area contributed by atoms with E-state index in [1.54, 1.807) is 0 Å². The normalized spacial score (nSPS) is 11.7. The zero-order valence-corrected chi connectivity index (χ0v) is 6.25. The van der Waals surface area contributed by atoms with E-state index in [9.17, 15) is 8.42 Å². The molecule has 0 aliphatic carbocycles. The summed E-state index contributed by atoms with van der Waals surface area (Å²) in [5.74, 6) is 0. The molecular weight excluding hydrogens is 208 g/mol. The van der Waals surface area contributed by atoms with Gasteiger partial charge in [-0.15, -0.1) is 0 Å². The predicted molar refractivity (Wildman–Crippen MR) is 20.5 cm³/mol. The van der Waals surface area contributed by atoms with Crippen molar-refractivity contribution in [3.63, 3.8) is 0 Å². The van der Waals surface area contributed by atoms with Crippen LogP contribution in [0.5, 0.6) is 0 Å². The summed E-state index contributed by atoms with van der Waals surface area (Å²) in [7, 11) is -0.275. The zero-order valence-electron chi connectivity index (χ0n) is 2.53. The minimum atomic E-state index is -3.67. The van der Waals surface area contributed by atoms with Gasteiger partial charge in [0, 0.05) is 0 Å². The molecule has 0 spiro atoms. The molecule has 0 aromatic rings. The molecule has 0 aliphatic rings. The van der Waals surface area contributed by atoms with E-state index in [1.165, 1.54) is 0 Å². The first-order valence-corrected chi connectivity index (χ1v) is 7.75. The number of thiol groups is 1. The van der Waals surface area contributed by atoms with Crippen molar-refractivity contribution in [2.75, 3.05) is 0 Å². The van der Waals surface area contributed by atoms with Gasteiger partial charge in [0.1, 0.15) is 0 Å². The molecule has 0 saturated carbocycles. The van der Waals surface area contributed by atoms with Gasteiger partial charge in [0.2, 0.25) is 0 Å². The minimum absolute atomic E-state index is 1.46. The van der Waals surface area contributed by atoms with Crippen molar-refractivity contribution in [2.24, 2.45) is 0 Å². The van der Waals surface area contributed by atoms with Crippen LogP contribution in [0.3, 0.4) is 0 Å². The Morgan fingerprint density at radius 1 is 1.67 bits per heavy atom. The van der Waals surface area contributed by atoms with Gasteiger partial charge < -0.3 is 0 Å². The number of rotatable bonds is 1. The number of hydrogen-bond donors (Lipinski definition) is 2. The molecule has 0 aromatic heterocycles. The van der Waals surface area contributed by atoms with Crippen LogP contribution in [0.4, 0.5) is 0 Å². The molecule has 0 bridgehead atoms. The Labute approximate surface area is 47.2 Å². The van der Waals surface area contributed by atoms with E-state index in [4.69, 9.17) is 4.55 Å². The number of hydrogen-bond acceptors (Lipinski definition) is 3. The van der Waals surface area contributed by atoms with Gasteiger partial charge in [0.25, 0.3) is 0 Å². The van der Waals surface area contributed by atoms with Gasteiger partial charge in [-0.1, -0.05) is 0 Å². The van der Waals surface area contributed by atoms with Gasteiger partial charge in [-0.05, 0) is 0 Å². The van der Waals surface area contributed by atoms with E-state index in [1.807, 2.05) is 0 Å². The second-order valence-corrected chi connectivity index (χ2v) is 8.36. The van der Waals surface area contributed by atoms with Gasteiger partial charge in [-0.3, -0.25) is 0 Å². The quantitative estimate of drug-likeness (QED) is 0.355. The summed E-state index contributed by atoms with van der Waals surface area (Å²) in [6, 6.07) is 0. The first-order valence-electron chi connectivity index (χ1n) is 0.865. The van der Waals surface area contributed by atoms with E-state index in [2.05, 4.69) is 10.3 Å². The van der Waals surface area contributed by atoms with Crippen LogP contribution in [-0.4, -0.2) is 13.0 Å². The average Bonchev–Trinajstić information content (AvgIpc) is 1.35. The molecule has 0 amide bonds. The van der Waals surface area contributed by atoms with Crippen molar-refractivity contribution in [3.05, 3.63) is 0 Å². The van der Waals surface area contributed by atoms with Crippen molar-refractivity contribution >= 4 is 18.2 Å². The standard InChI is InChI=1S/Mo.HO3S.H2S/c;1-4(2)3;/h;(H,1,2,3);1H2/q+1;;/p-1. The predicted octanol–water partition coefficient (Wildman–Crippen LogP) is -0.283. The molecule has 1 N–H and O–H groups in total. The van der Waals surface area contributed by atoms with Gasteiger partial charge >= 0.3 is 47.1 Å². The molecule has 6 heteroatoms. The van der Waals surface area contributed by atoms with Gasteiger partial charge in [-0.2, -0.15) is 0 Å². The first-order chi connectivity index (χ1) is 2.56. The summed E-state index contributed by atoms with van der Waals surface area (Å²) in [5.41, 5.74) is 0. The molecule has 0 saturated heterocycles. The van der Waals surface area contributed by atoms with Crippen LogP contribution >= 0.6 is 10.3 Å². The van der Waals surface area contributed by atoms with Crippen LogP contribution in [0.25, 0.3) is 0 Å². The third kappa shape index (κ3) is 4.95. The fraction of sp³-hybridized carbons (Fsp3) is 0. The Morgan fingerprint density at radius 3 is 1.83 bits per heavy atom. The van der Waals surface area contributed by atoms with E-state index in [-0.39, 0.29) is 0 Å². The van der Waals surface area contributed by atoms with Crippen LogP contribution in [0, 0.1) is 0 Å². The molecule has 0 rings (SSSR count). The molecule has 0 radical (unpaired) electrons. The summed E-state index contributed by atoms with van der Waals surface area (Å²) in [6.45, 7) is 0. The molecule has 0 aliphatic heterocycles. The van der Waals surface area contributed by atoms with Gasteiger partial charge in [0.15, 0.2) is 0 Å². The Balaban J connectivity index is 3.85. The monoisotopic (exact) mass is 212 g/mol. The van der Waals surface area contributed by atoms with Crippen molar-refractivity contribution < 1.29 is 29.0 Å². The van der Waals surface area contributed by atoms with Gasteiger partial charge in [-0.25, -0.2) is 0 Å². The van der Waals surface area contributed by atoms with Crippen LogP contribution in [-0.2, 0) is 23.8 Å². The van der Waals surface area contributed by atoms with E-state index < -0.39 is 23.8 Å². The van der Waals surface area contributed by atoms with Crippen LogP contribution < -0.4 is 0 Å². The Bertz CT molecular complexity index is 111. The SMILES string of the molecule is O=[S](=O)(O)[Mo][SH]. The summed E-state index contributed by atoms with van der Waals surface area (Å²) in [4.78, 5) is 0. The maximum atomic E-state index is 9.54. The fourth-order valence-corrected chi connectivity index (χ4v) is 0. The summed E-state index contributed by atoms with van der Waals surface area (Å²) in [5, 5.41) is 0. The van der Waals surface area contributed by atoms with Crippen molar-refractivity contribution in [1.29, 1.82) is 0 Å². The Kier molecular flexibility index (Phi) is 2.67. The maximum absolute atomic E-state index is 9.54. The molecule has 0 heterocycles. The van der Waals surface area contributed by atoms with Crippen LogP contribution in [0.2, 0.25) is 0 Å². The average molecular weight is 210 g/mol. The molecule has 0 unspecified atom stereocenters. The van der Waals surface area contributed by atoms with E-state index in [0.29, 0.717) is 0 Å². The van der Waals surface area contributed by atoms with E-state index in [0.717, 1.165) is 0 Å². The molecule has 0 fully saturated rings. The molecule has 0 aromatic carbocycles. The van der Waals surface area contributed by atoms with Crippen molar-refractivity contribution in [1.82, 2.24) is 0 Å². The molecule has 38 valence electrons. The summed E-state index contributed by atoms with van der Waals surface area (Å²) >= 11 is -1.46. The van der Waals surface area contributed by atoms with Crippen molar-refractivity contribution in [2.45, 2.75) is 0 Å².